The monoisotopic (exact) mass is 190 g/mol. The highest BCUT2D eigenvalue weighted by Gasteiger charge is 2.17. The van der Waals surface area contributed by atoms with Crippen LogP contribution in [0.4, 0.5) is 5.82 Å². The number of rotatable bonds is 2. The predicted octanol–water partition coefficient (Wildman–Crippen LogP) is 3.07. The molecule has 1 aliphatic carbocycles. The fourth-order valence-corrected chi connectivity index (χ4v) is 2.06. The second-order valence-electron chi connectivity index (χ2n) is 4.32. The Labute approximate surface area is 85.7 Å². The van der Waals surface area contributed by atoms with Gasteiger partial charge >= 0.3 is 0 Å². The van der Waals surface area contributed by atoms with Gasteiger partial charge in [0, 0.05) is 12.2 Å². The van der Waals surface area contributed by atoms with Crippen molar-refractivity contribution in [2.75, 3.05) is 5.32 Å². The van der Waals surface area contributed by atoms with E-state index in [0.29, 0.717) is 6.04 Å². The lowest BCUT2D eigenvalue weighted by molar-refractivity contribution is 0.361. The number of hydrogen-bond acceptors (Lipinski definition) is 2. The van der Waals surface area contributed by atoms with E-state index in [1.54, 1.807) is 0 Å². The van der Waals surface area contributed by atoms with Crippen molar-refractivity contribution < 1.29 is 0 Å². The Morgan fingerprint density at radius 2 is 2.00 bits per heavy atom. The fourth-order valence-electron chi connectivity index (χ4n) is 2.06. The Kier molecular flexibility index (Phi) is 3.02. The van der Waals surface area contributed by atoms with E-state index in [4.69, 9.17) is 0 Å². The molecule has 0 radical (unpaired) electrons. The number of nitrogens with zero attached hydrogens (tertiary/aromatic N) is 1. The van der Waals surface area contributed by atoms with Gasteiger partial charge in [-0.25, -0.2) is 4.98 Å². The van der Waals surface area contributed by atoms with Gasteiger partial charge in [0.2, 0.25) is 0 Å². The number of nitrogens with one attached hydrogen (secondary N) is 1. The molecule has 0 amide bonds. The van der Waals surface area contributed by atoms with Crippen molar-refractivity contribution in [2.45, 2.75) is 38.6 Å². The number of pyridine rings is 1. The van der Waals surface area contributed by atoms with Crippen LogP contribution in [0.25, 0.3) is 0 Å². The third-order valence-electron chi connectivity index (χ3n) is 3.03. The maximum absolute atomic E-state index is 4.28. The first-order valence-corrected chi connectivity index (χ1v) is 5.52. The smallest absolute Gasteiger partial charge is 0.126 e. The Hall–Kier alpha value is -1.05. The number of anilines is 1. The van der Waals surface area contributed by atoms with E-state index in [0.717, 1.165) is 11.7 Å². The van der Waals surface area contributed by atoms with Crippen LogP contribution in [-0.4, -0.2) is 11.0 Å². The van der Waals surface area contributed by atoms with Gasteiger partial charge in [0.05, 0.1) is 0 Å². The molecule has 1 N–H and O–H groups in total. The molecule has 1 heterocycles. The maximum atomic E-state index is 4.28. The van der Waals surface area contributed by atoms with Crippen LogP contribution in [0.3, 0.4) is 0 Å². The Balaban J connectivity index is 1.87. The second-order valence-corrected chi connectivity index (χ2v) is 4.32. The molecular weight excluding hydrogens is 172 g/mol. The van der Waals surface area contributed by atoms with Gasteiger partial charge in [-0.05, 0) is 43.7 Å². The lowest BCUT2D eigenvalue weighted by Gasteiger charge is -2.27. The molecule has 2 rings (SSSR count). The van der Waals surface area contributed by atoms with Crippen LogP contribution in [0.1, 0.15) is 32.6 Å². The van der Waals surface area contributed by atoms with Gasteiger partial charge < -0.3 is 5.32 Å². The molecule has 0 aromatic carbocycles. The molecule has 0 atom stereocenters. The summed E-state index contributed by atoms with van der Waals surface area (Å²) in [4.78, 5) is 4.28. The van der Waals surface area contributed by atoms with Gasteiger partial charge in [0.1, 0.15) is 5.82 Å². The van der Waals surface area contributed by atoms with Crippen LogP contribution < -0.4 is 5.32 Å². The molecule has 1 aliphatic rings. The minimum absolute atomic E-state index is 0.640. The topological polar surface area (TPSA) is 24.9 Å². The molecular formula is C12H18N2. The Morgan fingerprint density at radius 3 is 2.64 bits per heavy atom. The van der Waals surface area contributed by atoms with E-state index in [1.807, 2.05) is 24.4 Å². The molecule has 0 aliphatic heterocycles. The molecule has 0 spiro atoms. The summed E-state index contributed by atoms with van der Waals surface area (Å²) in [6.07, 6.45) is 7.12. The van der Waals surface area contributed by atoms with Crippen molar-refractivity contribution in [3.63, 3.8) is 0 Å². The van der Waals surface area contributed by atoms with Gasteiger partial charge in [0.25, 0.3) is 0 Å². The van der Waals surface area contributed by atoms with Gasteiger partial charge in [-0.1, -0.05) is 13.0 Å². The lowest BCUT2D eigenvalue weighted by Crippen LogP contribution is -2.25. The molecule has 0 bridgehead atoms. The van der Waals surface area contributed by atoms with E-state index in [2.05, 4.69) is 17.2 Å². The van der Waals surface area contributed by atoms with Gasteiger partial charge in [-0.2, -0.15) is 0 Å². The summed E-state index contributed by atoms with van der Waals surface area (Å²) < 4.78 is 0. The van der Waals surface area contributed by atoms with Crippen LogP contribution in [0.2, 0.25) is 0 Å². The molecule has 1 saturated carbocycles. The maximum Gasteiger partial charge on any atom is 0.126 e. The highest BCUT2D eigenvalue weighted by atomic mass is 15.0. The van der Waals surface area contributed by atoms with Crippen molar-refractivity contribution >= 4 is 5.82 Å². The zero-order valence-electron chi connectivity index (χ0n) is 8.74. The summed E-state index contributed by atoms with van der Waals surface area (Å²) in [7, 11) is 0. The van der Waals surface area contributed by atoms with Crippen molar-refractivity contribution in [3.8, 4) is 0 Å². The molecule has 1 fully saturated rings. The summed E-state index contributed by atoms with van der Waals surface area (Å²) in [6.45, 7) is 2.34. The zero-order valence-corrected chi connectivity index (χ0v) is 8.74. The molecule has 2 nitrogen and oxygen atoms in total. The first-order valence-electron chi connectivity index (χ1n) is 5.52. The summed E-state index contributed by atoms with van der Waals surface area (Å²) >= 11 is 0. The zero-order chi connectivity index (χ0) is 9.80. The first kappa shape index (κ1) is 9.50. The van der Waals surface area contributed by atoms with Crippen LogP contribution in [-0.2, 0) is 0 Å². The van der Waals surface area contributed by atoms with Gasteiger partial charge in [0.15, 0.2) is 0 Å². The molecule has 76 valence electrons. The largest absolute Gasteiger partial charge is 0.367 e. The van der Waals surface area contributed by atoms with Crippen LogP contribution >= 0.6 is 0 Å². The summed E-state index contributed by atoms with van der Waals surface area (Å²) in [5.74, 6) is 1.93. The predicted molar refractivity (Wildman–Crippen MR) is 59.3 cm³/mol. The van der Waals surface area contributed by atoms with Gasteiger partial charge in [-0.3, -0.25) is 0 Å². The molecule has 1 aromatic rings. The fraction of sp³-hybridized carbons (Fsp3) is 0.583. The molecule has 0 saturated heterocycles. The van der Waals surface area contributed by atoms with Crippen molar-refractivity contribution in [1.29, 1.82) is 0 Å². The third kappa shape index (κ3) is 2.47. The average Bonchev–Trinajstić information content (AvgIpc) is 2.23. The normalized spacial score (nSPS) is 27.2. The number of hydrogen-bond donors (Lipinski definition) is 1. The van der Waals surface area contributed by atoms with Gasteiger partial charge in [-0.15, -0.1) is 0 Å². The molecule has 1 aromatic heterocycles. The number of aromatic nitrogens is 1. The minimum Gasteiger partial charge on any atom is -0.367 e. The highest BCUT2D eigenvalue weighted by Crippen LogP contribution is 2.25. The Morgan fingerprint density at radius 1 is 1.21 bits per heavy atom. The van der Waals surface area contributed by atoms with Crippen molar-refractivity contribution in [2.24, 2.45) is 5.92 Å². The quantitative estimate of drug-likeness (QED) is 0.775. The van der Waals surface area contributed by atoms with E-state index < -0.39 is 0 Å². The third-order valence-corrected chi connectivity index (χ3v) is 3.03. The molecule has 2 heteroatoms. The molecule has 14 heavy (non-hydrogen) atoms. The first-order chi connectivity index (χ1) is 6.84. The Bertz CT molecular complexity index is 263. The average molecular weight is 190 g/mol. The van der Waals surface area contributed by atoms with Crippen molar-refractivity contribution in [1.82, 2.24) is 4.98 Å². The van der Waals surface area contributed by atoms with Crippen LogP contribution in [0.15, 0.2) is 24.4 Å². The molecule has 0 unspecified atom stereocenters. The SMILES string of the molecule is C[C@H]1CC[C@@H](Nc2ccccn2)CC1. The van der Waals surface area contributed by atoms with Crippen LogP contribution in [0, 0.1) is 5.92 Å². The summed E-state index contributed by atoms with van der Waals surface area (Å²) in [5.41, 5.74) is 0. The minimum atomic E-state index is 0.640. The second kappa shape index (κ2) is 4.45. The lowest BCUT2D eigenvalue weighted by atomic mass is 9.87. The standard InChI is InChI=1S/C12H18N2/c1-10-5-7-11(8-6-10)14-12-4-2-3-9-13-12/h2-4,9-11H,5-8H2,1H3,(H,13,14)/t10-,11+. The summed E-state index contributed by atoms with van der Waals surface area (Å²) in [5, 5.41) is 3.49. The van der Waals surface area contributed by atoms with E-state index >= 15 is 0 Å². The van der Waals surface area contributed by atoms with Crippen LogP contribution in [0.5, 0.6) is 0 Å². The van der Waals surface area contributed by atoms with E-state index in [1.165, 1.54) is 25.7 Å². The highest BCUT2D eigenvalue weighted by molar-refractivity contribution is 5.34. The van der Waals surface area contributed by atoms with Crippen molar-refractivity contribution in [3.05, 3.63) is 24.4 Å². The van der Waals surface area contributed by atoms with E-state index in [-0.39, 0.29) is 0 Å². The summed E-state index contributed by atoms with van der Waals surface area (Å²) in [6, 6.07) is 6.66. The van der Waals surface area contributed by atoms with E-state index in [9.17, 15) is 0 Å².